The van der Waals surface area contributed by atoms with E-state index >= 15 is 0 Å². The van der Waals surface area contributed by atoms with Crippen LogP contribution >= 0.6 is 11.3 Å². The molecule has 0 saturated heterocycles. The third-order valence-electron chi connectivity index (χ3n) is 4.47. The van der Waals surface area contributed by atoms with Crippen LogP contribution in [-0.2, 0) is 0 Å². The predicted molar refractivity (Wildman–Crippen MR) is 109 cm³/mol. The maximum Gasteiger partial charge on any atom is 0.387 e. The van der Waals surface area contributed by atoms with Crippen LogP contribution in [-0.4, -0.2) is 21.9 Å². The van der Waals surface area contributed by atoms with Crippen molar-refractivity contribution in [1.82, 2.24) is 9.38 Å². The Labute approximate surface area is 174 Å². The van der Waals surface area contributed by atoms with Gasteiger partial charge in [0.25, 0.3) is 5.91 Å². The molecule has 4 aromatic rings. The molecule has 0 aliphatic carbocycles. The molecule has 1 amide bonds. The Kier molecular flexibility index (Phi) is 5.37. The molecule has 1 aromatic carbocycles. The number of carbonyl (C=O) groups is 1. The molecular formula is C21H17F2N3O3S. The van der Waals surface area contributed by atoms with E-state index in [1.165, 1.54) is 17.4 Å². The van der Waals surface area contributed by atoms with Crippen LogP contribution in [0.4, 0.5) is 8.78 Å². The fourth-order valence-electron chi connectivity index (χ4n) is 3.15. The van der Waals surface area contributed by atoms with Gasteiger partial charge in [-0.2, -0.15) is 8.78 Å². The third-order valence-corrected chi connectivity index (χ3v) is 5.62. The molecular weight excluding hydrogens is 412 g/mol. The van der Waals surface area contributed by atoms with Crippen LogP contribution in [0.25, 0.3) is 16.2 Å². The number of nitrogens with two attached hydrogens (primary N) is 1. The highest BCUT2D eigenvalue weighted by molar-refractivity contribution is 7.17. The fourth-order valence-corrected chi connectivity index (χ4v) is 4.10. The zero-order valence-corrected chi connectivity index (χ0v) is 16.6. The predicted octanol–water partition coefficient (Wildman–Crippen LogP) is 4.90. The number of fused-ring (bicyclic) bond motifs is 1. The first kappa shape index (κ1) is 19.8. The van der Waals surface area contributed by atoms with Gasteiger partial charge in [-0.05, 0) is 25.1 Å². The van der Waals surface area contributed by atoms with Gasteiger partial charge >= 0.3 is 6.61 Å². The molecule has 0 unspecified atom stereocenters. The second-order valence-corrected chi connectivity index (χ2v) is 7.47. The average molecular weight is 429 g/mol. The topological polar surface area (TPSA) is 78.9 Å². The highest BCUT2D eigenvalue weighted by Gasteiger charge is 2.22. The van der Waals surface area contributed by atoms with Crippen LogP contribution in [0, 0.1) is 0 Å². The quantitative estimate of drug-likeness (QED) is 0.453. The first-order valence-electron chi connectivity index (χ1n) is 9.00. The number of nitrogens with zero attached hydrogens (tertiary/aromatic N) is 2. The number of hydrogen-bond acceptors (Lipinski definition) is 5. The fraction of sp³-hybridized carbons (Fsp3) is 0.143. The van der Waals surface area contributed by atoms with E-state index in [0.717, 1.165) is 16.2 Å². The summed E-state index contributed by atoms with van der Waals surface area (Å²) in [6, 6.07) is 13.7. The average Bonchev–Trinajstić information content (AvgIpc) is 3.32. The number of aromatic nitrogens is 2. The van der Waals surface area contributed by atoms with Gasteiger partial charge in [-0.15, -0.1) is 11.3 Å². The molecule has 1 atom stereocenters. The van der Waals surface area contributed by atoms with Gasteiger partial charge in [-0.1, -0.05) is 24.3 Å². The summed E-state index contributed by atoms with van der Waals surface area (Å²) in [5, 5.41) is 0. The Bertz CT molecular complexity index is 1210. The number of halogens is 2. The van der Waals surface area contributed by atoms with Crippen LogP contribution in [0.2, 0.25) is 0 Å². The normalized spacial score (nSPS) is 12.3. The van der Waals surface area contributed by atoms with Crippen molar-refractivity contribution >= 4 is 22.9 Å². The Morgan fingerprint density at radius 1 is 1.13 bits per heavy atom. The summed E-state index contributed by atoms with van der Waals surface area (Å²) in [5.41, 5.74) is 7.52. The van der Waals surface area contributed by atoms with Gasteiger partial charge in [0, 0.05) is 17.8 Å². The zero-order chi connectivity index (χ0) is 21.3. The molecule has 0 radical (unpaired) electrons. The van der Waals surface area contributed by atoms with Gasteiger partial charge in [0.05, 0.1) is 16.8 Å². The van der Waals surface area contributed by atoms with Crippen molar-refractivity contribution in [3.05, 3.63) is 71.4 Å². The van der Waals surface area contributed by atoms with Gasteiger partial charge in [0.1, 0.15) is 28.1 Å². The summed E-state index contributed by atoms with van der Waals surface area (Å²) in [7, 11) is 0. The lowest BCUT2D eigenvalue weighted by atomic mass is 10.1. The molecule has 2 N–H and O–H groups in total. The van der Waals surface area contributed by atoms with Crippen LogP contribution in [0.3, 0.4) is 0 Å². The number of pyridine rings is 1. The van der Waals surface area contributed by atoms with E-state index < -0.39 is 18.6 Å². The molecule has 0 bridgehead atoms. The van der Waals surface area contributed by atoms with E-state index in [2.05, 4.69) is 9.72 Å². The van der Waals surface area contributed by atoms with E-state index in [4.69, 9.17) is 10.5 Å². The van der Waals surface area contributed by atoms with Crippen molar-refractivity contribution in [2.24, 2.45) is 5.73 Å². The first-order chi connectivity index (χ1) is 14.4. The maximum atomic E-state index is 12.7. The number of primary amides is 1. The number of hydrogen-bond donors (Lipinski definition) is 1. The van der Waals surface area contributed by atoms with Crippen LogP contribution in [0.1, 0.15) is 28.3 Å². The van der Waals surface area contributed by atoms with Gasteiger partial charge < -0.3 is 15.2 Å². The molecule has 0 fully saturated rings. The molecule has 0 spiro atoms. The molecule has 3 heterocycles. The second kappa shape index (κ2) is 8.11. The minimum absolute atomic E-state index is 0.0119. The standard InChI is InChI=1S/C21H17F2N3O3S/c1-12(13-6-2-3-7-15(13)29-21(22)23)28-16-10-17(30-19(16)20(24)27)14-11-25-18-8-4-5-9-26(14)18/h2-12,21H,1H3,(H2,24,27)/t12-/m1/s1. The summed E-state index contributed by atoms with van der Waals surface area (Å²) in [6.45, 7) is -1.27. The SMILES string of the molecule is C[C@@H](Oc1cc(-c2cnc3ccccn23)sc1C(N)=O)c1ccccc1OC(F)F. The van der Waals surface area contributed by atoms with Crippen molar-refractivity contribution < 1.29 is 23.0 Å². The molecule has 3 aromatic heterocycles. The molecule has 6 nitrogen and oxygen atoms in total. The number of ether oxygens (including phenoxy) is 2. The van der Waals surface area contributed by atoms with Crippen molar-refractivity contribution in [3.63, 3.8) is 0 Å². The highest BCUT2D eigenvalue weighted by atomic mass is 32.1. The molecule has 9 heteroatoms. The van der Waals surface area contributed by atoms with Crippen LogP contribution in [0.15, 0.2) is 60.9 Å². The van der Waals surface area contributed by atoms with Gasteiger partial charge in [0.15, 0.2) is 0 Å². The number of imidazole rings is 1. The summed E-state index contributed by atoms with van der Waals surface area (Å²) >= 11 is 1.18. The smallest absolute Gasteiger partial charge is 0.387 e. The second-order valence-electron chi connectivity index (χ2n) is 6.42. The molecule has 4 rings (SSSR count). The van der Waals surface area contributed by atoms with Crippen molar-refractivity contribution in [1.29, 1.82) is 0 Å². The van der Waals surface area contributed by atoms with Gasteiger partial charge in [-0.25, -0.2) is 4.98 Å². The van der Waals surface area contributed by atoms with E-state index in [-0.39, 0.29) is 16.4 Å². The van der Waals surface area contributed by atoms with E-state index in [1.54, 1.807) is 37.4 Å². The Morgan fingerprint density at radius 2 is 1.90 bits per heavy atom. The maximum absolute atomic E-state index is 12.7. The summed E-state index contributed by atoms with van der Waals surface area (Å²) < 4.78 is 37.9. The number of benzene rings is 1. The summed E-state index contributed by atoms with van der Waals surface area (Å²) in [6.07, 6.45) is 2.90. The van der Waals surface area contributed by atoms with E-state index in [0.29, 0.717) is 5.56 Å². The molecule has 0 saturated carbocycles. The minimum Gasteiger partial charge on any atom is -0.484 e. The van der Waals surface area contributed by atoms with Gasteiger partial charge in [0.2, 0.25) is 0 Å². The first-order valence-corrected chi connectivity index (χ1v) is 9.82. The number of alkyl halides is 2. The zero-order valence-electron chi connectivity index (χ0n) is 15.8. The van der Waals surface area contributed by atoms with E-state index in [9.17, 15) is 13.6 Å². The number of para-hydroxylation sites is 1. The van der Waals surface area contributed by atoms with Crippen molar-refractivity contribution in [2.75, 3.05) is 0 Å². The Hall–Kier alpha value is -3.46. The molecule has 0 aliphatic heterocycles. The largest absolute Gasteiger partial charge is 0.484 e. The van der Waals surface area contributed by atoms with Crippen LogP contribution < -0.4 is 15.2 Å². The summed E-state index contributed by atoms with van der Waals surface area (Å²) in [4.78, 5) is 17.3. The molecule has 154 valence electrons. The monoisotopic (exact) mass is 429 g/mol. The minimum atomic E-state index is -2.96. The third kappa shape index (κ3) is 3.84. The van der Waals surface area contributed by atoms with Crippen molar-refractivity contribution in [2.45, 2.75) is 19.6 Å². The van der Waals surface area contributed by atoms with Gasteiger partial charge in [-0.3, -0.25) is 9.20 Å². The number of thiophene rings is 1. The molecule has 30 heavy (non-hydrogen) atoms. The lowest BCUT2D eigenvalue weighted by Crippen LogP contribution is -2.13. The lowest BCUT2D eigenvalue weighted by Gasteiger charge is -2.18. The Balaban J connectivity index is 1.69. The van der Waals surface area contributed by atoms with E-state index in [1.807, 2.05) is 28.8 Å². The highest BCUT2D eigenvalue weighted by Crippen LogP contribution is 2.39. The molecule has 0 aliphatic rings. The Morgan fingerprint density at radius 3 is 2.67 bits per heavy atom. The number of carbonyl (C=O) groups excluding carboxylic acids is 1. The number of amides is 1. The summed E-state index contributed by atoms with van der Waals surface area (Å²) in [5.74, 6) is -0.357. The number of rotatable bonds is 7. The lowest BCUT2D eigenvalue weighted by molar-refractivity contribution is -0.0512. The van der Waals surface area contributed by atoms with Crippen molar-refractivity contribution in [3.8, 4) is 22.1 Å². The van der Waals surface area contributed by atoms with Crippen LogP contribution in [0.5, 0.6) is 11.5 Å².